The van der Waals surface area contributed by atoms with E-state index >= 15 is 0 Å². The molecule has 0 bridgehead atoms. The molecule has 0 aliphatic rings. The van der Waals surface area contributed by atoms with E-state index in [0.29, 0.717) is 0 Å². The Balaban J connectivity index is 2.37. The summed E-state index contributed by atoms with van der Waals surface area (Å²) in [5, 5.41) is 11.0. The molecule has 2 rings (SSSR count). The molecule has 110 valence electrons. The van der Waals surface area contributed by atoms with Crippen molar-refractivity contribution in [1.29, 1.82) is 0 Å². The first-order valence-electron chi connectivity index (χ1n) is 5.64. The fourth-order valence-electron chi connectivity index (χ4n) is 1.52. The van der Waals surface area contributed by atoms with Crippen LogP contribution < -0.4 is 4.74 Å². The van der Waals surface area contributed by atoms with Crippen molar-refractivity contribution >= 4 is 17.3 Å². The number of hydrogen-bond acceptors (Lipinski definition) is 6. The highest BCUT2D eigenvalue weighted by molar-refractivity contribution is 6.29. The van der Waals surface area contributed by atoms with Gasteiger partial charge < -0.3 is 9.47 Å². The van der Waals surface area contributed by atoms with Crippen molar-refractivity contribution in [1.82, 2.24) is 9.97 Å². The third kappa shape index (κ3) is 3.83. The largest absolute Gasteiger partial charge is 0.432 e. The van der Waals surface area contributed by atoms with Crippen LogP contribution in [-0.4, -0.2) is 22.0 Å². The first-order valence-corrected chi connectivity index (χ1v) is 6.01. The lowest BCUT2D eigenvalue weighted by molar-refractivity contribution is -0.385. The minimum atomic E-state index is -0.687. The second-order valence-corrected chi connectivity index (χ2v) is 4.24. The van der Waals surface area contributed by atoms with Crippen LogP contribution in [0.1, 0.15) is 5.82 Å². The SMILES string of the molecule is COCc1nc(Cl)cc(Oc2cc(F)ccc2[N+](=O)[O-])n1. The van der Waals surface area contributed by atoms with Gasteiger partial charge >= 0.3 is 5.69 Å². The Bertz CT molecular complexity index is 684. The zero-order valence-corrected chi connectivity index (χ0v) is 11.5. The van der Waals surface area contributed by atoms with Crippen molar-refractivity contribution in [3.63, 3.8) is 0 Å². The van der Waals surface area contributed by atoms with E-state index in [1.165, 1.54) is 13.2 Å². The fourth-order valence-corrected chi connectivity index (χ4v) is 1.71. The molecule has 1 aromatic heterocycles. The minimum absolute atomic E-state index is 0.0456. The van der Waals surface area contributed by atoms with Crippen LogP contribution in [-0.2, 0) is 11.3 Å². The fraction of sp³-hybridized carbons (Fsp3) is 0.167. The van der Waals surface area contributed by atoms with Crippen molar-refractivity contribution in [2.75, 3.05) is 7.11 Å². The lowest BCUT2D eigenvalue weighted by atomic mass is 10.3. The summed E-state index contributed by atoms with van der Waals surface area (Å²) in [7, 11) is 1.45. The van der Waals surface area contributed by atoms with E-state index in [-0.39, 0.29) is 34.9 Å². The summed E-state index contributed by atoms with van der Waals surface area (Å²) in [5.41, 5.74) is -0.389. The Morgan fingerprint density at radius 3 is 2.81 bits per heavy atom. The van der Waals surface area contributed by atoms with Gasteiger partial charge in [0.05, 0.1) is 4.92 Å². The predicted octanol–water partition coefficient (Wildman–Crippen LogP) is 3.12. The van der Waals surface area contributed by atoms with E-state index < -0.39 is 10.7 Å². The molecular formula is C12H9ClFN3O4. The van der Waals surface area contributed by atoms with Gasteiger partial charge in [0.15, 0.2) is 5.82 Å². The van der Waals surface area contributed by atoms with Gasteiger partial charge in [-0.3, -0.25) is 10.1 Å². The van der Waals surface area contributed by atoms with Gasteiger partial charge in [0, 0.05) is 25.3 Å². The van der Waals surface area contributed by atoms with Crippen molar-refractivity contribution in [2.45, 2.75) is 6.61 Å². The molecule has 0 spiro atoms. The number of hydrogen-bond donors (Lipinski definition) is 0. The summed E-state index contributed by atoms with van der Waals surface area (Å²) < 4.78 is 23.3. The molecule has 1 heterocycles. The minimum Gasteiger partial charge on any atom is -0.432 e. The van der Waals surface area contributed by atoms with Gasteiger partial charge in [0.2, 0.25) is 11.6 Å². The van der Waals surface area contributed by atoms with Gasteiger partial charge in [-0.05, 0) is 6.07 Å². The van der Waals surface area contributed by atoms with Gasteiger partial charge in [-0.1, -0.05) is 11.6 Å². The topological polar surface area (TPSA) is 87.4 Å². The van der Waals surface area contributed by atoms with Crippen LogP contribution in [0.5, 0.6) is 11.6 Å². The maximum atomic E-state index is 13.2. The Labute approximate surface area is 123 Å². The molecule has 21 heavy (non-hydrogen) atoms. The number of rotatable bonds is 5. The molecule has 0 atom stereocenters. The number of nitrogens with zero attached hydrogens (tertiary/aromatic N) is 3. The normalized spacial score (nSPS) is 10.4. The first-order chi connectivity index (χ1) is 9.99. The molecule has 0 radical (unpaired) electrons. The molecule has 0 aliphatic heterocycles. The highest BCUT2D eigenvalue weighted by Crippen LogP contribution is 2.31. The van der Waals surface area contributed by atoms with Crippen LogP contribution in [0, 0.1) is 15.9 Å². The van der Waals surface area contributed by atoms with E-state index in [1.807, 2.05) is 0 Å². The maximum Gasteiger partial charge on any atom is 0.311 e. The monoisotopic (exact) mass is 313 g/mol. The molecule has 0 saturated heterocycles. The smallest absolute Gasteiger partial charge is 0.311 e. The number of aromatic nitrogens is 2. The Kier molecular flexibility index (Phi) is 4.61. The summed E-state index contributed by atoms with van der Waals surface area (Å²) in [6.45, 7) is 0.0855. The second kappa shape index (κ2) is 6.42. The van der Waals surface area contributed by atoms with Crippen molar-refractivity contribution < 1.29 is 18.8 Å². The molecular weight excluding hydrogens is 305 g/mol. The molecule has 9 heteroatoms. The zero-order chi connectivity index (χ0) is 15.4. The zero-order valence-electron chi connectivity index (χ0n) is 10.7. The standard InChI is InChI=1S/C12H9ClFN3O4/c1-20-6-11-15-10(13)5-12(16-11)21-9-4-7(14)2-3-8(9)17(18)19/h2-5H,6H2,1H3. The van der Waals surface area contributed by atoms with Crippen molar-refractivity contribution in [2.24, 2.45) is 0 Å². The molecule has 0 aliphatic carbocycles. The number of nitro groups is 1. The van der Waals surface area contributed by atoms with Gasteiger partial charge in [-0.25, -0.2) is 9.37 Å². The van der Waals surface area contributed by atoms with Crippen LogP contribution >= 0.6 is 11.6 Å². The Morgan fingerprint density at radius 1 is 1.38 bits per heavy atom. The van der Waals surface area contributed by atoms with Crippen molar-refractivity contribution in [3.8, 4) is 11.6 Å². The third-order valence-electron chi connectivity index (χ3n) is 2.32. The van der Waals surface area contributed by atoms with Crippen LogP contribution in [0.3, 0.4) is 0 Å². The van der Waals surface area contributed by atoms with E-state index in [4.69, 9.17) is 21.1 Å². The molecule has 0 N–H and O–H groups in total. The number of ether oxygens (including phenoxy) is 2. The molecule has 1 aromatic carbocycles. The quantitative estimate of drug-likeness (QED) is 0.479. The third-order valence-corrected chi connectivity index (χ3v) is 2.52. The number of methoxy groups -OCH3 is 1. The van der Waals surface area contributed by atoms with E-state index in [1.54, 1.807) is 0 Å². The number of halogens is 2. The van der Waals surface area contributed by atoms with Gasteiger partial charge in [0.1, 0.15) is 17.6 Å². The van der Waals surface area contributed by atoms with Gasteiger partial charge in [-0.2, -0.15) is 4.98 Å². The average Bonchev–Trinajstić information content (AvgIpc) is 2.38. The lowest BCUT2D eigenvalue weighted by Gasteiger charge is -2.07. The summed E-state index contributed by atoms with van der Waals surface area (Å²) in [4.78, 5) is 18.0. The highest BCUT2D eigenvalue weighted by atomic mass is 35.5. The molecule has 2 aromatic rings. The Morgan fingerprint density at radius 2 is 2.14 bits per heavy atom. The summed E-state index contributed by atoms with van der Waals surface area (Å²) >= 11 is 5.79. The predicted molar refractivity (Wildman–Crippen MR) is 70.9 cm³/mol. The summed E-state index contributed by atoms with van der Waals surface area (Å²) in [6.07, 6.45) is 0. The maximum absolute atomic E-state index is 13.2. The number of nitro benzene ring substituents is 1. The van der Waals surface area contributed by atoms with E-state index in [9.17, 15) is 14.5 Å². The summed E-state index contributed by atoms with van der Waals surface area (Å²) in [6, 6.07) is 4.12. The molecule has 0 unspecified atom stereocenters. The van der Waals surface area contributed by atoms with Crippen LogP contribution in [0.2, 0.25) is 5.15 Å². The first kappa shape index (κ1) is 15.1. The average molecular weight is 314 g/mol. The molecule has 0 fully saturated rings. The molecule has 7 nitrogen and oxygen atoms in total. The van der Waals surface area contributed by atoms with E-state index in [0.717, 1.165) is 18.2 Å². The van der Waals surface area contributed by atoms with Crippen LogP contribution in [0.25, 0.3) is 0 Å². The Hall–Kier alpha value is -2.32. The second-order valence-electron chi connectivity index (χ2n) is 3.85. The van der Waals surface area contributed by atoms with Crippen molar-refractivity contribution in [3.05, 3.63) is 51.2 Å². The van der Waals surface area contributed by atoms with E-state index in [2.05, 4.69) is 9.97 Å². The van der Waals surface area contributed by atoms with Gasteiger partial charge in [0.25, 0.3) is 0 Å². The van der Waals surface area contributed by atoms with Crippen LogP contribution in [0.15, 0.2) is 24.3 Å². The van der Waals surface area contributed by atoms with Crippen LogP contribution in [0.4, 0.5) is 10.1 Å². The van der Waals surface area contributed by atoms with Gasteiger partial charge in [-0.15, -0.1) is 0 Å². The summed E-state index contributed by atoms with van der Waals surface area (Å²) in [5.74, 6) is -0.763. The highest BCUT2D eigenvalue weighted by Gasteiger charge is 2.18. The lowest BCUT2D eigenvalue weighted by Crippen LogP contribution is -2.00. The molecule has 0 saturated carbocycles. The number of benzene rings is 1. The molecule has 0 amide bonds.